The van der Waals surface area contributed by atoms with Gasteiger partial charge in [0, 0.05) is 6.42 Å². The maximum absolute atomic E-state index is 11.9. The van der Waals surface area contributed by atoms with E-state index >= 15 is 0 Å². The van der Waals surface area contributed by atoms with Crippen LogP contribution in [0.25, 0.3) is 0 Å². The van der Waals surface area contributed by atoms with Crippen LogP contribution in [0.1, 0.15) is 149 Å². The van der Waals surface area contributed by atoms with Gasteiger partial charge in [0.15, 0.2) is 0 Å². The van der Waals surface area contributed by atoms with Crippen LogP contribution in [-0.2, 0) is 4.79 Å². The van der Waals surface area contributed by atoms with E-state index in [1.165, 1.54) is 96.3 Å². The lowest BCUT2D eigenvalue weighted by atomic mass is 10.0. The molecular weight excluding hydrogens is 358 g/mol. The Hall–Kier alpha value is -0.570. The van der Waals surface area contributed by atoms with E-state index in [1.54, 1.807) is 0 Å². The molecule has 1 unspecified atom stereocenters. The van der Waals surface area contributed by atoms with Gasteiger partial charge in [-0.05, 0) is 12.8 Å². The van der Waals surface area contributed by atoms with Crippen LogP contribution in [-0.4, -0.2) is 23.7 Å². The summed E-state index contributed by atoms with van der Waals surface area (Å²) in [7, 11) is 0. The lowest BCUT2D eigenvalue weighted by Gasteiger charge is -2.15. The number of nitrogens with one attached hydrogen (secondary N) is 1. The molecule has 0 spiro atoms. The third-order valence-electron chi connectivity index (χ3n) is 6.00. The number of aliphatic hydroxyl groups excluding tert-OH is 1. The quantitative estimate of drug-likeness (QED) is 0.169. The van der Waals surface area contributed by atoms with Gasteiger partial charge in [-0.2, -0.15) is 0 Å². The second kappa shape index (κ2) is 23.7. The van der Waals surface area contributed by atoms with Crippen LogP contribution in [0.15, 0.2) is 0 Å². The van der Waals surface area contributed by atoms with Gasteiger partial charge in [-0.25, -0.2) is 0 Å². The molecule has 2 N–H and O–H groups in total. The highest BCUT2D eigenvalue weighted by molar-refractivity contribution is 5.76. The number of unbranched alkanes of at least 4 members (excludes halogenated alkanes) is 17. The third kappa shape index (κ3) is 21.9. The van der Waals surface area contributed by atoms with E-state index in [2.05, 4.69) is 19.2 Å². The molecule has 1 atom stereocenters. The minimum atomic E-state index is -0.0479. The van der Waals surface area contributed by atoms with Crippen molar-refractivity contribution in [3.8, 4) is 0 Å². The molecule has 0 rings (SSSR count). The van der Waals surface area contributed by atoms with Crippen molar-refractivity contribution in [3.63, 3.8) is 0 Å². The maximum Gasteiger partial charge on any atom is 0.220 e. The molecule has 0 fully saturated rings. The summed E-state index contributed by atoms with van der Waals surface area (Å²) in [5, 5.41) is 12.3. The van der Waals surface area contributed by atoms with Crippen LogP contribution in [0.5, 0.6) is 0 Å². The number of carbonyl (C=O) groups excluding carboxylic acids is 1. The highest BCUT2D eigenvalue weighted by atomic mass is 16.3. The van der Waals surface area contributed by atoms with Crippen molar-refractivity contribution in [2.45, 2.75) is 155 Å². The predicted molar refractivity (Wildman–Crippen MR) is 127 cm³/mol. The molecule has 0 saturated carbocycles. The summed E-state index contributed by atoms with van der Waals surface area (Å²) in [5.74, 6) is 0.112. The lowest BCUT2D eigenvalue weighted by Crippen LogP contribution is -2.37. The molecule has 174 valence electrons. The number of carbonyl (C=O) groups is 1. The van der Waals surface area contributed by atoms with Crippen molar-refractivity contribution in [2.24, 2.45) is 0 Å². The van der Waals surface area contributed by atoms with Gasteiger partial charge in [0.2, 0.25) is 5.91 Å². The molecule has 0 saturated heterocycles. The lowest BCUT2D eigenvalue weighted by molar-refractivity contribution is -0.122. The van der Waals surface area contributed by atoms with E-state index in [1.807, 2.05) is 0 Å². The van der Waals surface area contributed by atoms with E-state index in [4.69, 9.17) is 0 Å². The highest BCUT2D eigenvalue weighted by Gasteiger charge is 2.10. The number of hydrogen-bond acceptors (Lipinski definition) is 2. The zero-order valence-corrected chi connectivity index (χ0v) is 20.0. The van der Waals surface area contributed by atoms with Gasteiger partial charge < -0.3 is 10.4 Å². The molecule has 0 heterocycles. The zero-order chi connectivity index (χ0) is 21.4. The van der Waals surface area contributed by atoms with Gasteiger partial charge in [-0.3, -0.25) is 4.79 Å². The first-order valence-corrected chi connectivity index (χ1v) is 13.1. The normalized spacial score (nSPS) is 12.2. The van der Waals surface area contributed by atoms with Crippen molar-refractivity contribution in [2.75, 3.05) is 6.61 Å². The van der Waals surface area contributed by atoms with Crippen LogP contribution in [0, 0.1) is 0 Å². The number of aliphatic hydroxyl groups is 1. The summed E-state index contributed by atoms with van der Waals surface area (Å²) in [6.07, 6.45) is 26.8. The Balaban J connectivity index is 3.24. The molecule has 3 heteroatoms. The van der Waals surface area contributed by atoms with E-state index in [9.17, 15) is 9.90 Å². The van der Waals surface area contributed by atoms with Crippen LogP contribution >= 0.6 is 0 Å². The summed E-state index contributed by atoms with van der Waals surface area (Å²) in [6, 6.07) is -0.0479. The fourth-order valence-corrected chi connectivity index (χ4v) is 3.97. The van der Waals surface area contributed by atoms with Crippen molar-refractivity contribution in [1.82, 2.24) is 5.32 Å². The second-order valence-electron chi connectivity index (χ2n) is 9.00. The van der Waals surface area contributed by atoms with Gasteiger partial charge in [-0.1, -0.05) is 129 Å². The van der Waals surface area contributed by atoms with Crippen molar-refractivity contribution < 1.29 is 9.90 Å². The first kappa shape index (κ1) is 28.4. The molecule has 0 aliphatic rings. The van der Waals surface area contributed by atoms with Gasteiger partial charge in [0.25, 0.3) is 0 Å². The molecular formula is C26H53NO2. The molecule has 29 heavy (non-hydrogen) atoms. The molecule has 0 bridgehead atoms. The van der Waals surface area contributed by atoms with Crippen molar-refractivity contribution in [3.05, 3.63) is 0 Å². The van der Waals surface area contributed by atoms with E-state index in [-0.39, 0.29) is 18.6 Å². The first-order chi connectivity index (χ1) is 14.2. The maximum atomic E-state index is 11.9. The standard InChI is InChI=1S/C26H53NO2/c1-3-5-7-8-9-10-11-12-13-14-15-16-17-18-19-20-21-23-26(29)27-25(24-28)22-6-4-2/h25,28H,3-24H2,1-2H3,(H,27,29). The Morgan fingerprint density at radius 2 is 1.00 bits per heavy atom. The summed E-state index contributed by atoms with van der Waals surface area (Å²) in [5.41, 5.74) is 0. The Morgan fingerprint density at radius 1 is 0.621 bits per heavy atom. The topological polar surface area (TPSA) is 49.3 Å². The zero-order valence-electron chi connectivity index (χ0n) is 20.0. The van der Waals surface area contributed by atoms with Gasteiger partial charge in [0.05, 0.1) is 12.6 Å². The molecule has 0 aromatic rings. The van der Waals surface area contributed by atoms with E-state index in [0.717, 1.165) is 32.1 Å². The highest BCUT2D eigenvalue weighted by Crippen LogP contribution is 2.14. The largest absolute Gasteiger partial charge is 0.394 e. The summed E-state index contributed by atoms with van der Waals surface area (Å²) in [6.45, 7) is 4.48. The van der Waals surface area contributed by atoms with Crippen LogP contribution < -0.4 is 5.32 Å². The molecule has 0 aromatic carbocycles. The fraction of sp³-hybridized carbons (Fsp3) is 0.962. The Morgan fingerprint density at radius 3 is 1.38 bits per heavy atom. The monoisotopic (exact) mass is 411 g/mol. The number of hydrogen-bond donors (Lipinski definition) is 2. The Kier molecular flexibility index (Phi) is 23.2. The van der Waals surface area contributed by atoms with E-state index in [0.29, 0.717) is 6.42 Å². The molecule has 0 aliphatic carbocycles. The molecule has 3 nitrogen and oxygen atoms in total. The summed E-state index contributed by atoms with van der Waals surface area (Å²) in [4.78, 5) is 11.9. The van der Waals surface area contributed by atoms with Crippen LogP contribution in [0.3, 0.4) is 0 Å². The van der Waals surface area contributed by atoms with E-state index < -0.39 is 0 Å². The Bertz CT molecular complexity index is 333. The average molecular weight is 412 g/mol. The van der Waals surface area contributed by atoms with Gasteiger partial charge in [0.1, 0.15) is 0 Å². The minimum absolute atomic E-state index is 0.0479. The number of rotatable bonds is 23. The second-order valence-corrected chi connectivity index (χ2v) is 9.00. The first-order valence-electron chi connectivity index (χ1n) is 13.1. The molecule has 0 radical (unpaired) electrons. The van der Waals surface area contributed by atoms with Crippen LogP contribution in [0.4, 0.5) is 0 Å². The smallest absolute Gasteiger partial charge is 0.220 e. The fourth-order valence-electron chi connectivity index (χ4n) is 3.97. The Labute approximate surface area is 182 Å². The molecule has 1 amide bonds. The van der Waals surface area contributed by atoms with Gasteiger partial charge in [-0.15, -0.1) is 0 Å². The third-order valence-corrected chi connectivity index (χ3v) is 6.00. The summed E-state index contributed by atoms with van der Waals surface area (Å²) < 4.78 is 0. The molecule has 0 aromatic heterocycles. The van der Waals surface area contributed by atoms with Crippen LogP contribution in [0.2, 0.25) is 0 Å². The summed E-state index contributed by atoms with van der Waals surface area (Å²) >= 11 is 0. The minimum Gasteiger partial charge on any atom is -0.394 e. The van der Waals surface area contributed by atoms with Crippen molar-refractivity contribution in [1.29, 1.82) is 0 Å². The predicted octanol–water partition coefficient (Wildman–Crippen LogP) is 7.70. The number of amides is 1. The van der Waals surface area contributed by atoms with Gasteiger partial charge >= 0.3 is 0 Å². The molecule has 0 aliphatic heterocycles. The average Bonchev–Trinajstić information content (AvgIpc) is 2.73. The van der Waals surface area contributed by atoms with Crippen molar-refractivity contribution >= 4 is 5.91 Å². The SMILES string of the molecule is CCCCCCCCCCCCCCCCCCCC(=O)NC(CO)CCCC.